The van der Waals surface area contributed by atoms with E-state index in [0.717, 1.165) is 10.8 Å². The van der Waals surface area contributed by atoms with Gasteiger partial charge in [0.15, 0.2) is 11.5 Å². The molecule has 0 radical (unpaired) electrons. The van der Waals surface area contributed by atoms with Gasteiger partial charge in [-0.25, -0.2) is 4.39 Å². The Balaban J connectivity index is 1.86. The van der Waals surface area contributed by atoms with Crippen molar-refractivity contribution in [1.29, 1.82) is 0 Å². The van der Waals surface area contributed by atoms with Crippen LogP contribution in [0.1, 0.15) is 5.56 Å². The number of phenols is 1. The monoisotopic (exact) mass is 302 g/mol. The number of benzene rings is 3. The van der Waals surface area contributed by atoms with Crippen molar-refractivity contribution in [3.63, 3.8) is 0 Å². The van der Waals surface area contributed by atoms with Gasteiger partial charge >= 0.3 is 0 Å². The smallest absolute Gasteiger partial charge is 0.162 e. The molecule has 0 heterocycles. The van der Waals surface area contributed by atoms with Crippen LogP contribution in [0, 0.1) is 5.82 Å². The molecule has 4 heteroatoms. The second-order valence-electron chi connectivity index (χ2n) is 4.69. The van der Waals surface area contributed by atoms with E-state index >= 15 is 0 Å². The highest BCUT2D eigenvalue weighted by molar-refractivity contribution is 6.30. The second kappa shape index (κ2) is 5.62. The summed E-state index contributed by atoms with van der Waals surface area (Å²) in [5.41, 5.74) is 0.381. The summed E-state index contributed by atoms with van der Waals surface area (Å²) >= 11 is 5.70. The third-order valence-electron chi connectivity index (χ3n) is 3.23. The number of rotatable bonds is 3. The zero-order valence-electron chi connectivity index (χ0n) is 11.0. The predicted octanol–water partition coefficient (Wildman–Crippen LogP) is 4.92. The molecule has 21 heavy (non-hydrogen) atoms. The average molecular weight is 303 g/mol. The third kappa shape index (κ3) is 2.93. The van der Waals surface area contributed by atoms with Gasteiger partial charge in [0, 0.05) is 10.6 Å². The van der Waals surface area contributed by atoms with Gasteiger partial charge in [-0.3, -0.25) is 0 Å². The first kappa shape index (κ1) is 13.7. The zero-order chi connectivity index (χ0) is 14.8. The van der Waals surface area contributed by atoms with Crippen LogP contribution in [0.3, 0.4) is 0 Å². The van der Waals surface area contributed by atoms with Crippen LogP contribution in [-0.2, 0) is 6.61 Å². The van der Waals surface area contributed by atoms with E-state index in [0.29, 0.717) is 16.3 Å². The van der Waals surface area contributed by atoms with Crippen LogP contribution in [0.25, 0.3) is 10.8 Å². The van der Waals surface area contributed by atoms with E-state index in [1.165, 1.54) is 6.07 Å². The molecule has 2 nitrogen and oxygen atoms in total. The van der Waals surface area contributed by atoms with Gasteiger partial charge < -0.3 is 9.84 Å². The average Bonchev–Trinajstić information content (AvgIpc) is 2.46. The normalized spacial score (nSPS) is 10.8. The molecule has 0 aromatic heterocycles. The van der Waals surface area contributed by atoms with Crippen molar-refractivity contribution in [2.75, 3.05) is 0 Å². The zero-order valence-corrected chi connectivity index (χ0v) is 11.8. The largest absolute Gasteiger partial charge is 0.504 e. The minimum absolute atomic E-state index is 0.0227. The summed E-state index contributed by atoms with van der Waals surface area (Å²) in [6.07, 6.45) is 0. The van der Waals surface area contributed by atoms with Gasteiger partial charge in [0.25, 0.3) is 0 Å². The van der Waals surface area contributed by atoms with E-state index in [1.54, 1.807) is 24.3 Å². The summed E-state index contributed by atoms with van der Waals surface area (Å²) < 4.78 is 19.2. The minimum atomic E-state index is -0.428. The van der Waals surface area contributed by atoms with Crippen LogP contribution in [0.4, 0.5) is 4.39 Å². The topological polar surface area (TPSA) is 29.5 Å². The molecule has 0 aliphatic heterocycles. The number of aromatic hydroxyl groups is 1. The Morgan fingerprint density at radius 3 is 2.43 bits per heavy atom. The molecule has 0 aliphatic rings. The highest BCUT2D eigenvalue weighted by Gasteiger charge is 2.08. The van der Waals surface area contributed by atoms with E-state index in [4.69, 9.17) is 16.3 Å². The van der Waals surface area contributed by atoms with Crippen molar-refractivity contribution >= 4 is 22.4 Å². The van der Waals surface area contributed by atoms with E-state index in [2.05, 4.69) is 0 Å². The van der Waals surface area contributed by atoms with Gasteiger partial charge in [-0.15, -0.1) is 0 Å². The molecule has 0 unspecified atom stereocenters. The number of ether oxygens (including phenoxy) is 1. The highest BCUT2D eigenvalue weighted by atomic mass is 35.5. The third-order valence-corrected chi connectivity index (χ3v) is 3.46. The van der Waals surface area contributed by atoms with Crippen molar-refractivity contribution in [2.45, 2.75) is 6.61 Å². The molecule has 0 spiro atoms. The lowest BCUT2D eigenvalue weighted by molar-refractivity contribution is 0.284. The molecule has 0 saturated heterocycles. The van der Waals surface area contributed by atoms with Crippen molar-refractivity contribution in [3.05, 3.63) is 71.0 Å². The molecule has 0 fully saturated rings. The van der Waals surface area contributed by atoms with Crippen LogP contribution in [0.15, 0.2) is 54.6 Å². The van der Waals surface area contributed by atoms with Crippen molar-refractivity contribution in [2.24, 2.45) is 0 Å². The predicted molar refractivity (Wildman–Crippen MR) is 81.4 cm³/mol. The fraction of sp³-hybridized carbons (Fsp3) is 0.0588. The van der Waals surface area contributed by atoms with Gasteiger partial charge in [0.2, 0.25) is 0 Å². The van der Waals surface area contributed by atoms with Crippen LogP contribution >= 0.6 is 11.6 Å². The summed E-state index contributed by atoms with van der Waals surface area (Å²) in [4.78, 5) is 0. The number of halogens is 2. The number of hydrogen-bond donors (Lipinski definition) is 1. The Bertz CT molecular complexity index is 802. The Morgan fingerprint density at radius 1 is 1.00 bits per heavy atom. The number of phenolic OH excluding ortho intramolecular Hbond substituents is 1. The van der Waals surface area contributed by atoms with Gasteiger partial charge in [0.1, 0.15) is 12.4 Å². The van der Waals surface area contributed by atoms with Gasteiger partial charge in [-0.05, 0) is 35.0 Å². The molecule has 3 aromatic carbocycles. The number of hydrogen-bond acceptors (Lipinski definition) is 2. The molecule has 3 aromatic rings. The Kier molecular flexibility index (Phi) is 3.67. The molecular formula is C17H12ClFO2. The Hall–Kier alpha value is -2.26. The molecule has 0 amide bonds. The number of fused-ring (bicyclic) bond motifs is 1. The Morgan fingerprint density at radius 2 is 1.71 bits per heavy atom. The molecule has 106 valence electrons. The maximum Gasteiger partial charge on any atom is 0.162 e. The maximum absolute atomic E-state index is 13.7. The fourth-order valence-corrected chi connectivity index (χ4v) is 2.28. The summed E-state index contributed by atoms with van der Waals surface area (Å²) in [6, 6.07) is 15.4. The molecule has 3 rings (SSSR count). The van der Waals surface area contributed by atoms with Crippen LogP contribution < -0.4 is 4.74 Å². The molecule has 0 bridgehead atoms. The lowest BCUT2D eigenvalue weighted by Crippen LogP contribution is -1.98. The lowest BCUT2D eigenvalue weighted by atomic mass is 10.1. The fourth-order valence-electron chi connectivity index (χ4n) is 2.12. The van der Waals surface area contributed by atoms with Crippen LogP contribution in [0.5, 0.6) is 11.5 Å². The molecular weight excluding hydrogens is 291 g/mol. The quantitative estimate of drug-likeness (QED) is 0.744. The van der Waals surface area contributed by atoms with Crippen LogP contribution in [0.2, 0.25) is 5.02 Å². The first-order chi connectivity index (χ1) is 10.1. The standard InChI is InChI=1S/C17H12ClFO2/c18-14-6-5-13(15(19)9-14)10-21-17-8-12-4-2-1-3-11(12)7-16(17)20/h1-9,20H,10H2. The lowest BCUT2D eigenvalue weighted by Gasteiger charge is -2.10. The van der Waals surface area contributed by atoms with Gasteiger partial charge in [-0.1, -0.05) is 41.9 Å². The summed E-state index contributed by atoms with van der Waals surface area (Å²) in [6.45, 7) is 0.0227. The van der Waals surface area contributed by atoms with E-state index in [1.807, 2.05) is 24.3 Å². The maximum atomic E-state index is 13.7. The summed E-state index contributed by atoms with van der Waals surface area (Å²) in [5.74, 6) is -0.0751. The van der Waals surface area contributed by atoms with E-state index < -0.39 is 5.82 Å². The molecule has 1 N–H and O–H groups in total. The van der Waals surface area contributed by atoms with Crippen molar-refractivity contribution in [1.82, 2.24) is 0 Å². The van der Waals surface area contributed by atoms with Crippen molar-refractivity contribution < 1.29 is 14.2 Å². The first-order valence-electron chi connectivity index (χ1n) is 6.42. The first-order valence-corrected chi connectivity index (χ1v) is 6.80. The Labute approximate surface area is 126 Å². The van der Waals surface area contributed by atoms with Gasteiger partial charge in [-0.2, -0.15) is 0 Å². The molecule has 0 aliphatic carbocycles. The van der Waals surface area contributed by atoms with E-state index in [9.17, 15) is 9.50 Å². The molecule has 0 atom stereocenters. The van der Waals surface area contributed by atoms with Gasteiger partial charge in [0.05, 0.1) is 0 Å². The molecule has 0 saturated carbocycles. The SMILES string of the molecule is Oc1cc2ccccc2cc1OCc1ccc(Cl)cc1F. The van der Waals surface area contributed by atoms with Crippen molar-refractivity contribution in [3.8, 4) is 11.5 Å². The second-order valence-corrected chi connectivity index (χ2v) is 5.13. The highest BCUT2D eigenvalue weighted by Crippen LogP contribution is 2.32. The van der Waals surface area contributed by atoms with Crippen LogP contribution in [-0.4, -0.2) is 5.11 Å². The van der Waals surface area contributed by atoms with E-state index in [-0.39, 0.29) is 12.4 Å². The summed E-state index contributed by atoms with van der Waals surface area (Å²) in [7, 11) is 0. The minimum Gasteiger partial charge on any atom is -0.504 e. The summed E-state index contributed by atoms with van der Waals surface area (Å²) in [5, 5.41) is 12.2.